The molecule has 0 fully saturated rings. The number of rotatable bonds is 5. The predicted octanol–water partition coefficient (Wildman–Crippen LogP) is 1.73. The number of pyridine rings is 1. The molecule has 5 nitrogen and oxygen atoms in total. The van der Waals surface area contributed by atoms with Crippen LogP contribution in [0.1, 0.15) is 24.4 Å². The van der Waals surface area contributed by atoms with Gasteiger partial charge in [0.25, 0.3) is 0 Å². The van der Waals surface area contributed by atoms with Gasteiger partial charge in [-0.2, -0.15) is 0 Å². The molecular weight excluding hydrogens is 238 g/mol. The standard InChI is InChI=1S/C14H21N5/c1-11(15-2)12-6-5-7-17-14(12)19(4)10-13-16-8-9-18(13)3/h5-9,11,15H,10H2,1-4H3. The number of imidazole rings is 1. The summed E-state index contributed by atoms with van der Waals surface area (Å²) in [7, 11) is 6.01. The normalized spacial score (nSPS) is 12.4. The van der Waals surface area contributed by atoms with Gasteiger partial charge in [0.05, 0.1) is 6.54 Å². The predicted molar refractivity (Wildman–Crippen MR) is 77.0 cm³/mol. The topological polar surface area (TPSA) is 46.0 Å². The Morgan fingerprint density at radius 1 is 1.37 bits per heavy atom. The molecule has 0 spiro atoms. The van der Waals surface area contributed by atoms with E-state index in [2.05, 4.69) is 33.2 Å². The van der Waals surface area contributed by atoms with Crippen molar-refractivity contribution in [1.82, 2.24) is 19.9 Å². The number of aromatic nitrogens is 3. The van der Waals surface area contributed by atoms with Gasteiger partial charge in [-0.3, -0.25) is 0 Å². The molecule has 1 N–H and O–H groups in total. The summed E-state index contributed by atoms with van der Waals surface area (Å²) in [5.41, 5.74) is 1.20. The van der Waals surface area contributed by atoms with Crippen LogP contribution >= 0.6 is 0 Å². The molecule has 2 aromatic rings. The van der Waals surface area contributed by atoms with E-state index in [9.17, 15) is 0 Å². The van der Waals surface area contributed by atoms with Gasteiger partial charge < -0.3 is 14.8 Å². The summed E-state index contributed by atoms with van der Waals surface area (Å²) < 4.78 is 2.03. The van der Waals surface area contributed by atoms with Gasteiger partial charge in [0.15, 0.2) is 0 Å². The zero-order valence-electron chi connectivity index (χ0n) is 12.0. The molecule has 19 heavy (non-hydrogen) atoms. The van der Waals surface area contributed by atoms with E-state index >= 15 is 0 Å². The molecule has 0 amide bonds. The highest BCUT2D eigenvalue weighted by molar-refractivity contribution is 5.47. The van der Waals surface area contributed by atoms with Crippen LogP contribution in [0.2, 0.25) is 0 Å². The van der Waals surface area contributed by atoms with Gasteiger partial charge in [0.2, 0.25) is 0 Å². The Kier molecular flexibility index (Phi) is 4.16. The summed E-state index contributed by atoms with van der Waals surface area (Å²) in [5, 5.41) is 3.26. The van der Waals surface area contributed by atoms with Crippen molar-refractivity contribution in [2.45, 2.75) is 19.5 Å². The maximum absolute atomic E-state index is 4.51. The molecule has 2 aromatic heterocycles. The Morgan fingerprint density at radius 2 is 2.16 bits per heavy atom. The van der Waals surface area contributed by atoms with Crippen LogP contribution in [0.3, 0.4) is 0 Å². The molecule has 102 valence electrons. The quantitative estimate of drug-likeness (QED) is 0.888. The second-order valence-electron chi connectivity index (χ2n) is 4.74. The first-order valence-corrected chi connectivity index (χ1v) is 6.43. The minimum absolute atomic E-state index is 0.271. The Hall–Kier alpha value is -1.88. The molecular formula is C14H21N5. The largest absolute Gasteiger partial charge is 0.352 e. The number of aryl methyl sites for hydroxylation is 1. The summed E-state index contributed by atoms with van der Waals surface area (Å²) >= 11 is 0. The van der Waals surface area contributed by atoms with Gasteiger partial charge >= 0.3 is 0 Å². The van der Waals surface area contributed by atoms with Crippen molar-refractivity contribution in [3.8, 4) is 0 Å². The molecule has 0 bridgehead atoms. The average molecular weight is 259 g/mol. The number of anilines is 1. The van der Waals surface area contributed by atoms with Gasteiger partial charge in [-0.1, -0.05) is 6.07 Å². The van der Waals surface area contributed by atoms with Crippen molar-refractivity contribution in [3.05, 3.63) is 42.1 Å². The van der Waals surface area contributed by atoms with Crippen LogP contribution in [-0.4, -0.2) is 28.6 Å². The van der Waals surface area contributed by atoms with E-state index in [1.54, 1.807) is 0 Å². The number of hydrogen-bond donors (Lipinski definition) is 1. The summed E-state index contributed by atoms with van der Waals surface area (Å²) in [6.45, 7) is 2.87. The van der Waals surface area contributed by atoms with Crippen molar-refractivity contribution in [3.63, 3.8) is 0 Å². The molecule has 1 atom stereocenters. The van der Waals surface area contributed by atoms with Crippen LogP contribution in [0.25, 0.3) is 0 Å². The van der Waals surface area contributed by atoms with Crippen molar-refractivity contribution in [1.29, 1.82) is 0 Å². The second kappa shape index (κ2) is 5.84. The van der Waals surface area contributed by atoms with Crippen molar-refractivity contribution in [2.24, 2.45) is 7.05 Å². The van der Waals surface area contributed by atoms with E-state index in [1.807, 2.05) is 50.4 Å². The highest BCUT2D eigenvalue weighted by Gasteiger charge is 2.14. The lowest BCUT2D eigenvalue weighted by molar-refractivity contribution is 0.643. The van der Waals surface area contributed by atoms with Gasteiger partial charge in [-0.05, 0) is 20.0 Å². The highest BCUT2D eigenvalue weighted by Crippen LogP contribution is 2.23. The SMILES string of the molecule is CNC(C)c1cccnc1N(C)Cc1nccn1C. The molecule has 0 radical (unpaired) electrons. The maximum atomic E-state index is 4.51. The van der Waals surface area contributed by atoms with Crippen LogP contribution in [-0.2, 0) is 13.6 Å². The minimum Gasteiger partial charge on any atom is -0.352 e. The molecule has 0 aliphatic heterocycles. The van der Waals surface area contributed by atoms with Crippen molar-refractivity contribution >= 4 is 5.82 Å². The third-order valence-electron chi connectivity index (χ3n) is 3.38. The number of nitrogens with one attached hydrogen (secondary N) is 1. The first-order chi connectivity index (χ1) is 9.13. The first kappa shape index (κ1) is 13.5. The lowest BCUT2D eigenvalue weighted by atomic mass is 10.1. The third kappa shape index (κ3) is 2.93. The summed E-state index contributed by atoms with van der Waals surface area (Å²) in [5.74, 6) is 2.02. The number of hydrogen-bond acceptors (Lipinski definition) is 4. The fraction of sp³-hybridized carbons (Fsp3) is 0.429. The minimum atomic E-state index is 0.271. The molecule has 0 saturated carbocycles. The summed E-state index contributed by atoms with van der Waals surface area (Å²) in [6, 6.07) is 4.35. The van der Waals surface area contributed by atoms with Crippen LogP contribution in [0.5, 0.6) is 0 Å². The van der Waals surface area contributed by atoms with Gasteiger partial charge in [-0.25, -0.2) is 9.97 Å². The maximum Gasteiger partial charge on any atom is 0.133 e. The molecule has 0 aromatic carbocycles. The fourth-order valence-electron chi connectivity index (χ4n) is 2.06. The lowest BCUT2D eigenvalue weighted by Gasteiger charge is -2.23. The van der Waals surface area contributed by atoms with E-state index in [0.717, 1.165) is 18.2 Å². The average Bonchev–Trinajstić information content (AvgIpc) is 2.83. The Bertz CT molecular complexity index is 534. The Labute approximate surface area is 114 Å². The lowest BCUT2D eigenvalue weighted by Crippen LogP contribution is -2.24. The zero-order valence-corrected chi connectivity index (χ0v) is 12.0. The monoisotopic (exact) mass is 259 g/mol. The first-order valence-electron chi connectivity index (χ1n) is 6.43. The van der Waals surface area contributed by atoms with E-state index in [1.165, 1.54) is 5.56 Å². The highest BCUT2D eigenvalue weighted by atomic mass is 15.2. The van der Waals surface area contributed by atoms with Gasteiger partial charge in [-0.15, -0.1) is 0 Å². The molecule has 0 aliphatic carbocycles. The number of nitrogens with zero attached hydrogens (tertiary/aromatic N) is 4. The van der Waals surface area contributed by atoms with E-state index < -0.39 is 0 Å². The molecule has 1 unspecified atom stereocenters. The van der Waals surface area contributed by atoms with Gasteiger partial charge in [0.1, 0.15) is 11.6 Å². The fourth-order valence-corrected chi connectivity index (χ4v) is 2.06. The van der Waals surface area contributed by atoms with Crippen molar-refractivity contribution in [2.75, 3.05) is 19.0 Å². The molecule has 2 rings (SSSR count). The summed E-state index contributed by atoms with van der Waals surface area (Å²) in [4.78, 5) is 11.0. The van der Waals surface area contributed by atoms with Crippen LogP contribution in [0, 0.1) is 0 Å². The molecule has 0 aliphatic rings. The van der Waals surface area contributed by atoms with Crippen molar-refractivity contribution < 1.29 is 0 Å². The Balaban J connectivity index is 2.24. The molecule has 0 saturated heterocycles. The smallest absolute Gasteiger partial charge is 0.133 e. The second-order valence-corrected chi connectivity index (χ2v) is 4.74. The van der Waals surface area contributed by atoms with Crippen LogP contribution in [0.15, 0.2) is 30.7 Å². The summed E-state index contributed by atoms with van der Waals surface area (Å²) in [6.07, 6.45) is 5.60. The van der Waals surface area contributed by atoms with Gasteiger partial charge in [0, 0.05) is 44.3 Å². The molecule has 2 heterocycles. The third-order valence-corrected chi connectivity index (χ3v) is 3.38. The van der Waals surface area contributed by atoms with Crippen LogP contribution in [0.4, 0.5) is 5.82 Å². The molecule has 5 heteroatoms. The van der Waals surface area contributed by atoms with E-state index in [4.69, 9.17) is 0 Å². The van der Waals surface area contributed by atoms with E-state index in [0.29, 0.717) is 0 Å². The van der Waals surface area contributed by atoms with Crippen LogP contribution < -0.4 is 10.2 Å². The van der Waals surface area contributed by atoms with E-state index in [-0.39, 0.29) is 6.04 Å². The Morgan fingerprint density at radius 3 is 2.79 bits per heavy atom. The zero-order chi connectivity index (χ0) is 13.8.